The maximum Gasteiger partial charge on any atom is 0.270 e. The molecule has 0 radical (unpaired) electrons. The Balaban J connectivity index is 1.26. The summed E-state index contributed by atoms with van der Waals surface area (Å²) in [7, 11) is -3.35. The number of hydrogen-bond donors (Lipinski definition) is 4. The minimum atomic E-state index is -3.35. The summed E-state index contributed by atoms with van der Waals surface area (Å²) < 4.78 is 44.8. The van der Waals surface area contributed by atoms with Crippen LogP contribution >= 0.6 is 0 Å². The third-order valence-electron chi connectivity index (χ3n) is 6.43. The van der Waals surface area contributed by atoms with Crippen molar-refractivity contribution in [2.24, 2.45) is 0 Å². The molecule has 2 aromatic heterocycles. The second-order valence-corrected chi connectivity index (χ2v) is 11.6. The van der Waals surface area contributed by atoms with E-state index in [1.807, 2.05) is 0 Å². The largest absolute Gasteiger partial charge is 0.482 e. The zero-order valence-corrected chi connectivity index (χ0v) is 22.6. The highest BCUT2D eigenvalue weighted by atomic mass is 32.2. The van der Waals surface area contributed by atoms with Gasteiger partial charge in [0, 0.05) is 25.7 Å². The maximum absolute atomic E-state index is 14.4. The van der Waals surface area contributed by atoms with Gasteiger partial charge in [-0.2, -0.15) is 9.40 Å². The molecule has 5 rings (SSSR count). The number of nitrogens with zero attached hydrogens (tertiary/aromatic N) is 4. The molecule has 0 bridgehead atoms. The van der Waals surface area contributed by atoms with E-state index < -0.39 is 45.6 Å². The first-order valence-corrected chi connectivity index (χ1v) is 14.2. The number of nitrogens with one attached hydrogen (secondary N) is 4. The first-order chi connectivity index (χ1) is 19.4. The minimum absolute atomic E-state index is 0.0211. The van der Waals surface area contributed by atoms with Crippen molar-refractivity contribution in [1.29, 1.82) is 0 Å². The molecule has 0 saturated carbocycles. The first kappa shape index (κ1) is 27.9. The Bertz CT molecular complexity index is 1690. The number of ether oxygens (including phenoxy) is 1. The number of anilines is 1. The van der Waals surface area contributed by atoms with Gasteiger partial charge in [0.2, 0.25) is 15.9 Å². The van der Waals surface area contributed by atoms with Gasteiger partial charge in [-0.15, -0.1) is 0 Å². The lowest BCUT2D eigenvalue weighted by Gasteiger charge is -2.37. The number of carbonyl (C=O) groups excluding carboxylic acids is 4. The number of hydrogen-bond acceptors (Lipinski definition) is 9. The third kappa shape index (κ3) is 5.94. The molecule has 1 aromatic carbocycles. The van der Waals surface area contributed by atoms with Crippen LogP contribution in [0.2, 0.25) is 0 Å². The Morgan fingerprint density at radius 3 is 2.71 bits per heavy atom. The Hall–Kier alpha value is -4.64. The van der Waals surface area contributed by atoms with E-state index in [0.29, 0.717) is 17.0 Å². The van der Waals surface area contributed by atoms with Crippen molar-refractivity contribution in [3.8, 4) is 5.75 Å². The predicted octanol–water partition coefficient (Wildman–Crippen LogP) is -0.992. The number of rotatable bonds is 8. The van der Waals surface area contributed by atoms with Crippen molar-refractivity contribution in [2.45, 2.75) is 25.6 Å². The fourth-order valence-electron chi connectivity index (χ4n) is 4.19. The van der Waals surface area contributed by atoms with Crippen LogP contribution in [-0.4, -0.2) is 89.0 Å². The predicted molar refractivity (Wildman–Crippen MR) is 140 cm³/mol. The average Bonchev–Trinajstić information content (AvgIpc) is 3.27. The number of aromatic nitrogens is 3. The first-order valence-electron chi connectivity index (χ1n) is 12.3. The van der Waals surface area contributed by atoms with E-state index in [1.54, 1.807) is 18.2 Å². The van der Waals surface area contributed by atoms with Crippen molar-refractivity contribution in [2.75, 3.05) is 31.3 Å². The van der Waals surface area contributed by atoms with E-state index in [-0.39, 0.29) is 49.2 Å². The highest BCUT2D eigenvalue weighted by molar-refractivity contribution is 7.88. The molecule has 4 heterocycles. The summed E-state index contributed by atoms with van der Waals surface area (Å²) in [6, 6.07) is 4.63. The molecule has 1 atom stereocenters. The normalized spacial score (nSPS) is 16.1. The van der Waals surface area contributed by atoms with Crippen molar-refractivity contribution in [3.63, 3.8) is 0 Å². The molecule has 0 spiro atoms. The van der Waals surface area contributed by atoms with E-state index in [0.717, 1.165) is 23.0 Å². The summed E-state index contributed by atoms with van der Waals surface area (Å²) in [6.07, 6.45) is 1.91. The molecule has 0 unspecified atom stereocenters. The molecular weight excluding hydrogens is 563 g/mol. The highest BCUT2D eigenvalue weighted by Crippen LogP contribution is 2.28. The number of sulfonamides is 1. The lowest BCUT2D eigenvalue weighted by atomic mass is 10.1. The summed E-state index contributed by atoms with van der Waals surface area (Å²) >= 11 is 0. The average molecular weight is 589 g/mol. The van der Waals surface area contributed by atoms with E-state index >= 15 is 0 Å². The molecule has 1 saturated heterocycles. The molecule has 41 heavy (non-hydrogen) atoms. The summed E-state index contributed by atoms with van der Waals surface area (Å²) in [4.78, 5) is 54.1. The van der Waals surface area contributed by atoms with E-state index in [4.69, 9.17) is 4.74 Å². The second kappa shape index (κ2) is 10.7. The Morgan fingerprint density at radius 2 is 1.98 bits per heavy atom. The standard InChI is InChI=1S/C24H25FN8O7S/c1-12(22(35)29-14-9-32(10-14)41(2,38)39)28-24(37)18-6-17(31-21-15(25)8-27-33(18)21)23(36)26-7-13-3-4-19-16(5-13)30-20(34)11-40-19/h3-6,8,12,14H,7,9-11H2,1-2H3,(H,26,36)(H,28,37)(H,29,35)(H,30,34)/t12-/m0/s1. The molecule has 0 aliphatic carbocycles. The molecular formula is C24H25FN8O7S. The van der Waals surface area contributed by atoms with E-state index in [2.05, 4.69) is 31.3 Å². The van der Waals surface area contributed by atoms with Crippen LogP contribution in [-0.2, 0) is 26.2 Å². The van der Waals surface area contributed by atoms with Crippen LogP contribution in [0, 0.1) is 5.82 Å². The van der Waals surface area contributed by atoms with Gasteiger partial charge in [0.15, 0.2) is 18.1 Å². The SMILES string of the molecule is C[C@H](NC(=O)c1cc(C(=O)NCc2ccc3c(c2)NC(=O)CO3)nc2c(F)cnn12)C(=O)NC1CN(S(C)(=O)=O)C1. The minimum Gasteiger partial charge on any atom is -0.482 e. The molecule has 2 aliphatic rings. The number of carbonyl (C=O) groups is 4. The zero-order valence-electron chi connectivity index (χ0n) is 21.8. The fraction of sp³-hybridized carbons (Fsp3) is 0.333. The lowest BCUT2D eigenvalue weighted by molar-refractivity contribution is -0.124. The van der Waals surface area contributed by atoms with E-state index in [1.165, 1.54) is 11.2 Å². The number of amides is 4. The van der Waals surface area contributed by atoms with Gasteiger partial charge in [0.05, 0.1) is 24.2 Å². The van der Waals surface area contributed by atoms with Crippen LogP contribution in [0.5, 0.6) is 5.75 Å². The molecule has 2 aliphatic heterocycles. The van der Waals surface area contributed by atoms with Gasteiger partial charge in [0.25, 0.3) is 17.7 Å². The van der Waals surface area contributed by atoms with Crippen molar-refractivity contribution in [1.82, 2.24) is 34.9 Å². The number of benzene rings is 1. The summed E-state index contributed by atoms with van der Waals surface area (Å²) in [5.41, 5.74) is 0.191. The van der Waals surface area contributed by atoms with Crippen molar-refractivity contribution < 1.29 is 36.7 Å². The van der Waals surface area contributed by atoms with Crippen LogP contribution in [0.15, 0.2) is 30.5 Å². The van der Waals surface area contributed by atoms with Crippen LogP contribution < -0.4 is 26.0 Å². The molecule has 1 fully saturated rings. The number of halogens is 1. The van der Waals surface area contributed by atoms with Crippen molar-refractivity contribution >= 4 is 45.0 Å². The summed E-state index contributed by atoms with van der Waals surface area (Å²) in [5, 5.41) is 14.2. The molecule has 216 valence electrons. The monoisotopic (exact) mass is 588 g/mol. The summed E-state index contributed by atoms with van der Waals surface area (Å²) in [6.45, 7) is 1.59. The molecule has 4 N–H and O–H groups in total. The Kier molecular flexibility index (Phi) is 7.31. The fourth-order valence-corrected chi connectivity index (χ4v) is 5.09. The van der Waals surface area contributed by atoms with Crippen LogP contribution in [0.4, 0.5) is 10.1 Å². The third-order valence-corrected chi connectivity index (χ3v) is 7.66. The van der Waals surface area contributed by atoms with Gasteiger partial charge >= 0.3 is 0 Å². The molecule has 3 aromatic rings. The summed E-state index contributed by atoms with van der Waals surface area (Å²) in [5.74, 6) is -2.79. The van der Waals surface area contributed by atoms with Gasteiger partial charge in [-0.3, -0.25) is 19.2 Å². The Labute approximate surface area is 232 Å². The highest BCUT2D eigenvalue weighted by Gasteiger charge is 2.35. The van der Waals surface area contributed by atoms with Crippen molar-refractivity contribution in [3.05, 3.63) is 53.2 Å². The van der Waals surface area contributed by atoms with Gasteiger partial charge in [-0.1, -0.05) is 6.07 Å². The van der Waals surface area contributed by atoms with Crippen LogP contribution in [0.25, 0.3) is 5.65 Å². The smallest absolute Gasteiger partial charge is 0.270 e. The van der Waals surface area contributed by atoms with Gasteiger partial charge in [-0.05, 0) is 24.6 Å². The topological polar surface area (TPSA) is 193 Å². The van der Waals surface area contributed by atoms with Gasteiger partial charge in [0.1, 0.15) is 23.2 Å². The number of fused-ring (bicyclic) bond motifs is 2. The molecule has 4 amide bonds. The maximum atomic E-state index is 14.4. The quantitative estimate of drug-likeness (QED) is 0.256. The van der Waals surface area contributed by atoms with Crippen LogP contribution in [0.1, 0.15) is 33.5 Å². The Morgan fingerprint density at radius 1 is 1.22 bits per heavy atom. The van der Waals surface area contributed by atoms with E-state index in [9.17, 15) is 32.0 Å². The second-order valence-electron chi connectivity index (χ2n) is 9.59. The molecule has 15 nitrogen and oxygen atoms in total. The zero-order chi connectivity index (χ0) is 29.5. The molecule has 17 heteroatoms. The lowest BCUT2D eigenvalue weighted by Crippen LogP contribution is -2.62. The van der Waals surface area contributed by atoms with Gasteiger partial charge < -0.3 is 26.0 Å². The van der Waals surface area contributed by atoms with Gasteiger partial charge in [-0.25, -0.2) is 22.3 Å². The van der Waals surface area contributed by atoms with Crippen LogP contribution in [0.3, 0.4) is 0 Å².